The van der Waals surface area contributed by atoms with E-state index in [2.05, 4.69) is 138 Å². The molecule has 0 atom stereocenters. The van der Waals surface area contributed by atoms with Crippen molar-refractivity contribution in [2.45, 2.75) is 0 Å². The van der Waals surface area contributed by atoms with Gasteiger partial charge >= 0.3 is 0 Å². The van der Waals surface area contributed by atoms with Gasteiger partial charge in [0.15, 0.2) is 0 Å². The number of rotatable bonds is 4. The second-order valence-electron chi connectivity index (χ2n) is 11.4. The Morgan fingerprint density at radius 1 is 0.378 bits per heavy atom. The molecule has 0 aliphatic heterocycles. The van der Waals surface area contributed by atoms with Crippen LogP contribution in [0.4, 0.5) is 0 Å². The molecule has 2 aromatic heterocycles. The Kier molecular flexibility index (Phi) is 5.78. The first-order valence-electron chi connectivity index (χ1n) is 15.1. The highest BCUT2D eigenvalue weighted by Crippen LogP contribution is 2.44. The van der Waals surface area contributed by atoms with E-state index in [4.69, 9.17) is 10.2 Å². The van der Waals surface area contributed by atoms with Gasteiger partial charge in [-0.25, -0.2) is 0 Å². The third-order valence-electron chi connectivity index (χ3n) is 8.75. The molecular formula is C41H26N4. The van der Waals surface area contributed by atoms with Gasteiger partial charge in [-0.3, -0.25) is 4.98 Å². The predicted octanol–water partition coefficient (Wildman–Crippen LogP) is 10.3. The molecule has 4 nitrogen and oxygen atoms in total. The first kappa shape index (κ1) is 25.4. The summed E-state index contributed by atoms with van der Waals surface area (Å²) in [7, 11) is 0. The molecule has 210 valence electrons. The van der Waals surface area contributed by atoms with Crippen molar-refractivity contribution >= 4 is 43.4 Å². The summed E-state index contributed by atoms with van der Waals surface area (Å²) in [6.45, 7) is 0. The highest BCUT2D eigenvalue weighted by Gasteiger charge is 2.17. The lowest BCUT2D eigenvalue weighted by Gasteiger charge is -2.18. The van der Waals surface area contributed by atoms with Crippen molar-refractivity contribution in [1.29, 1.82) is 0 Å². The fourth-order valence-corrected chi connectivity index (χ4v) is 6.61. The van der Waals surface area contributed by atoms with Crippen LogP contribution in [-0.4, -0.2) is 20.0 Å². The highest BCUT2D eigenvalue weighted by atomic mass is 15.5. The molecule has 9 aromatic rings. The van der Waals surface area contributed by atoms with Gasteiger partial charge in [-0.2, -0.15) is 4.80 Å². The van der Waals surface area contributed by atoms with E-state index in [0.29, 0.717) is 0 Å². The zero-order valence-corrected chi connectivity index (χ0v) is 24.3. The van der Waals surface area contributed by atoms with Crippen molar-refractivity contribution in [3.8, 4) is 39.1 Å². The zero-order chi connectivity index (χ0) is 29.7. The van der Waals surface area contributed by atoms with E-state index >= 15 is 0 Å². The number of hydrogen-bond acceptors (Lipinski definition) is 3. The molecule has 0 radical (unpaired) electrons. The lowest BCUT2D eigenvalue weighted by Crippen LogP contribution is -1.97. The summed E-state index contributed by atoms with van der Waals surface area (Å²) in [5, 5.41) is 17.1. The molecule has 0 unspecified atom stereocenters. The van der Waals surface area contributed by atoms with Crippen LogP contribution in [0.2, 0.25) is 0 Å². The highest BCUT2D eigenvalue weighted by molar-refractivity contribution is 6.22. The standard InChI is InChI=1S/C41H26N4/c1-2-8-30-25-31(14-13-27(30)7-1)40-34-9-3-5-11-36(34)41(37-12-6-4-10-35(37)40)32-17-20-38-39(26-32)44-45(43-38)33-18-15-28(16-19-33)29-21-23-42-24-22-29/h1-26H. The lowest BCUT2D eigenvalue weighted by atomic mass is 9.85. The van der Waals surface area contributed by atoms with Gasteiger partial charge in [0.25, 0.3) is 0 Å². The van der Waals surface area contributed by atoms with Crippen molar-refractivity contribution in [2.24, 2.45) is 0 Å². The molecule has 2 heterocycles. The molecule has 0 aliphatic rings. The van der Waals surface area contributed by atoms with Crippen molar-refractivity contribution < 1.29 is 0 Å². The maximum Gasteiger partial charge on any atom is 0.114 e. The molecule has 0 amide bonds. The summed E-state index contributed by atoms with van der Waals surface area (Å²) >= 11 is 0. The normalized spacial score (nSPS) is 11.6. The van der Waals surface area contributed by atoms with Crippen LogP contribution in [0.25, 0.3) is 82.4 Å². The van der Waals surface area contributed by atoms with Gasteiger partial charge < -0.3 is 0 Å². The Morgan fingerprint density at radius 2 is 0.889 bits per heavy atom. The molecule has 0 spiro atoms. The number of fused-ring (bicyclic) bond motifs is 4. The number of benzene rings is 7. The maximum atomic E-state index is 4.92. The van der Waals surface area contributed by atoms with Crippen LogP contribution in [0.5, 0.6) is 0 Å². The molecule has 0 fully saturated rings. The molecule has 7 aromatic carbocycles. The third kappa shape index (κ3) is 4.27. The summed E-state index contributed by atoms with van der Waals surface area (Å²) in [5.41, 5.74) is 9.72. The van der Waals surface area contributed by atoms with Gasteiger partial charge in [-0.1, -0.05) is 103 Å². The third-order valence-corrected chi connectivity index (χ3v) is 8.75. The average Bonchev–Trinajstić information content (AvgIpc) is 3.54. The lowest BCUT2D eigenvalue weighted by molar-refractivity contribution is 0.766. The molecule has 0 saturated heterocycles. The minimum Gasteiger partial charge on any atom is -0.265 e. The molecular weight excluding hydrogens is 548 g/mol. The van der Waals surface area contributed by atoms with Crippen LogP contribution < -0.4 is 0 Å². The Labute approximate surface area is 259 Å². The molecule has 4 heteroatoms. The van der Waals surface area contributed by atoms with Gasteiger partial charge in [0.1, 0.15) is 11.0 Å². The second kappa shape index (κ2) is 10.2. The zero-order valence-electron chi connectivity index (χ0n) is 24.3. The van der Waals surface area contributed by atoms with Crippen molar-refractivity contribution in [1.82, 2.24) is 20.0 Å². The Hall–Kier alpha value is -6.13. The topological polar surface area (TPSA) is 43.6 Å². The molecule has 9 rings (SSSR count). The van der Waals surface area contributed by atoms with Crippen LogP contribution in [0.1, 0.15) is 0 Å². The summed E-state index contributed by atoms with van der Waals surface area (Å²) < 4.78 is 0. The molecule has 45 heavy (non-hydrogen) atoms. The van der Waals surface area contributed by atoms with Crippen molar-refractivity contribution in [3.05, 3.63) is 158 Å². The SMILES string of the molecule is c1ccc2cc(-c3c4ccccc4c(-c4ccc5nn(-c6ccc(-c7ccncc7)cc6)nc5c4)c4ccccc34)ccc2c1. The maximum absolute atomic E-state index is 4.92. The van der Waals surface area contributed by atoms with Gasteiger partial charge in [0.05, 0.1) is 5.69 Å². The molecule has 0 bridgehead atoms. The smallest absolute Gasteiger partial charge is 0.114 e. The van der Waals surface area contributed by atoms with Crippen molar-refractivity contribution in [2.75, 3.05) is 0 Å². The van der Waals surface area contributed by atoms with Crippen LogP contribution in [0.15, 0.2) is 158 Å². The monoisotopic (exact) mass is 574 g/mol. The number of pyridine rings is 1. The molecule has 0 saturated carbocycles. The van der Waals surface area contributed by atoms with Crippen LogP contribution in [-0.2, 0) is 0 Å². The van der Waals surface area contributed by atoms with Crippen LogP contribution >= 0.6 is 0 Å². The largest absolute Gasteiger partial charge is 0.265 e. The summed E-state index contributed by atoms with van der Waals surface area (Å²) in [6, 6.07) is 51.7. The average molecular weight is 575 g/mol. The summed E-state index contributed by atoms with van der Waals surface area (Å²) in [4.78, 5) is 5.85. The first-order valence-corrected chi connectivity index (χ1v) is 15.1. The molecule has 0 aliphatic carbocycles. The van der Waals surface area contributed by atoms with E-state index in [-0.39, 0.29) is 0 Å². The van der Waals surface area contributed by atoms with Gasteiger partial charge in [0.2, 0.25) is 0 Å². The minimum atomic E-state index is 0.859. The number of aromatic nitrogens is 4. The Bertz CT molecular complexity index is 2470. The fourth-order valence-electron chi connectivity index (χ4n) is 6.61. The van der Waals surface area contributed by atoms with Gasteiger partial charge in [-0.15, -0.1) is 10.2 Å². The number of hydrogen-bond donors (Lipinski definition) is 0. The van der Waals surface area contributed by atoms with E-state index in [1.54, 1.807) is 4.80 Å². The van der Waals surface area contributed by atoms with Gasteiger partial charge in [0, 0.05) is 12.4 Å². The van der Waals surface area contributed by atoms with E-state index < -0.39 is 0 Å². The summed E-state index contributed by atoms with van der Waals surface area (Å²) in [5.74, 6) is 0. The quantitative estimate of drug-likeness (QED) is 0.196. The summed E-state index contributed by atoms with van der Waals surface area (Å²) in [6.07, 6.45) is 3.62. The van der Waals surface area contributed by atoms with E-state index in [1.807, 2.05) is 24.5 Å². The Morgan fingerprint density at radius 3 is 1.56 bits per heavy atom. The van der Waals surface area contributed by atoms with E-state index in [9.17, 15) is 0 Å². The van der Waals surface area contributed by atoms with Crippen LogP contribution in [0, 0.1) is 0 Å². The predicted molar refractivity (Wildman–Crippen MR) is 185 cm³/mol. The van der Waals surface area contributed by atoms with Crippen LogP contribution in [0.3, 0.4) is 0 Å². The Balaban J connectivity index is 1.20. The van der Waals surface area contributed by atoms with Gasteiger partial charge in [-0.05, 0) is 108 Å². The van der Waals surface area contributed by atoms with E-state index in [0.717, 1.165) is 33.4 Å². The fraction of sp³-hybridized carbons (Fsp3) is 0. The second-order valence-corrected chi connectivity index (χ2v) is 11.4. The van der Waals surface area contributed by atoms with Crippen molar-refractivity contribution in [3.63, 3.8) is 0 Å². The number of nitrogens with zero attached hydrogens (tertiary/aromatic N) is 4. The van der Waals surface area contributed by atoms with E-state index in [1.165, 1.54) is 49.0 Å². The minimum absolute atomic E-state index is 0.859. The molecule has 0 N–H and O–H groups in total. The first-order chi connectivity index (χ1) is 22.3.